The van der Waals surface area contributed by atoms with E-state index in [1.165, 1.54) is 5.56 Å². The van der Waals surface area contributed by atoms with Crippen LogP contribution < -0.4 is 16.4 Å². The number of benzene rings is 1. The van der Waals surface area contributed by atoms with Crippen LogP contribution in [0.2, 0.25) is 0 Å². The lowest BCUT2D eigenvalue weighted by Crippen LogP contribution is -2.53. The lowest BCUT2D eigenvalue weighted by atomic mass is 9.74. The quantitative estimate of drug-likeness (QED) is 0.729. The highest BCUT2D eigenvalue weighted by atomic mass is 35.5. The Labute approximate surface area is 150 Å². The molecular weight excluding hydrogens is 326 g/mol. The molecule has 2 unspecified atom stereocenters. The molecule has 24 heavy (non-hydrogen) atoms. The van der Waals surface area contributed by atoms with Crippen LogP contribution in [0.3, 0.4) is 0 Å². The fourth-order valence-electron chi connectivity index (χ4n) is 3.13. The van der Waals surface area contributed by atoms with Crippen LogP contribution in [-0.2, 0) is 16.0 Å². The van der Waals surface area contributed by atoms with Gasteiger partial charge in [0.15, 0.2) is 0 Å². The second kappa shape index (κ2) is 9.64. The summed E-state index contributed by atoms with van der Waals surface area (Å²) in [5.74, 6) is -0.468. The minimum absolute atomic E-state index is 0. The summed E-state index contributed by atoms with van der Waals surface area (Å²) in [6.45, 7) is 2.51. The maximum Gasteiger partial charge on any atom is 0.239 e. The predicted octanol–water partition coefficient (Wildman–Crippen LogP) is 1.79. The Kier molecular flexibility index (Phi) is 8.22. The highest BCUT2D eigenvalue weighted by molar-refractivity contribution is 5.86. The molecule has 5 nitrogen and oxygen atoms in total. The number of rotatable bonds is 6. The monoisotopic (exact) mass is 353 g/mol. The number of hydrogen-bond donors (Lipinski definition) is 3. The van der Waals surface area contributed by atoms with Crippen LogP contribution in [0.15, 0.2) is 30.3 Å². The van der Waals surface area contributed by atoms with Crippen molar-refractivity contribution in [2.24, 2.45) is 11.7 Å². The summed E-state index contributed by atoms with van der Waals surface area (Å²) in [6.07, 6.45) is 4.53. The van der Waals surface area contributed by atoms with Crippen LogP contribution in [0.4, 0.5) is 0 Å². The Morgan fingerprint density at radius 2 is 1.92 bits per heavy atom. The fourth-order valence-corrected chi connectivity index (χ4v) is 3.13. The van der Waals surface area contributed by atoms with Crippen molar-refractivity contribution in [3.63, 3.8) is 0 Å². The molecule has 0 bridgehead atoms. The van der Waals surface area contributed by atoms with Gasteiger partial charge in [-0.2, -0.15) is 0 Å². The number of halogens is 1. The summed E-state index contributed by atoms with van der Waals surface area (Å²) in [5, 5.41) is 5.55. The van der Waals surface area contributed by atoms with Crippen molar-refractivity contribution in [2.75, 3.05) is 13.1 Å². The Morgan fingerprint density at radius 1 is 1.21 bits per heavy atom. The third kappa shape index (κ3) is 6.13. The normalized spacial score (nSPS) is 23.0. The van der Waals surface area contributed by atoms with Gasteiger partial charge in [0.05, 0.1) is 12.5 Å². The van der Waals surface area contributed by atoms with E-state index in [1.54, 1.807) is 0 Å². The molecule has 6 heteroatoms. The summed E-state index contributed by atoms with van der Waals surface area (Å²) in [7, 11) is 0. The standard InChI is InChI=1S/C18H27N3O2.ClH/c1-18(19)11-6-5-9-15(18)17(23)21-13-16(22)20-12-10-14-7-3-2-4-8-14;/h2-4,7-8,15H,5-6,9-13,19H2,1H3,(H,20,22)(H,21,23);1H. The number of nitrogens with one attached hydrogen (secondary N) is 2. The molecule has 2 atom stereocenters. The van der Waals surface area contributed by atoms with Crippen LogP contribution in [0.25, 0.3) is 0 Å². The zero-order valence-corrected chi connectivity index (χ0v) is 15.0. The van der Waals surface area contributed by atoms with Crippen LogP contribution in [0, 0.1) is 5.92 Å². The van der Waals surface area contributed by atoms with Gasteiger partial charge in [-0.3, -0.25) is 9.59 Å². The van der Waals surface area contributed by atoms with Crippen LogP contribution in [0.5, 0.6) is 0 Å². The first-order valence-corrected chi connectivity index (χ1v) is 8.36. The molecule has 1 aliphatic rings. The van der Waals surface area contributed by atoms with E-state index in [9.17, 15) is 9.59 Å². The first-order chi connectivity index (χ1) is 11.0. The second-order valence-electron chi connectivity index (χ2n) is 6.61. The Morgan fingerprint density at radius 3 is 2.58 bits per heavy atom. The predicted molar refractivity (Wildman–Crippen MR) is 98.0 cm³/mol. The molecule has 2 amide bonds. The van der Waals surface area contributed by atoms with Crippen molar-refractivity contribution in [3.05, 3.63) is 35.9 Å². The van der Waals surface area contributed by atoms with E-state index in [-0.39, 0.29) is 36.7 Å². The van der Waals surface area contributed by atoms with Gasteiger partial charge in [-0.05, 0) is 31.7 Å². The lowest BCUT2D eigenvalue weighted by molar-refractivity contribution is -0.130. The molecule has 0 radical (unpaired) electrons. The van der Waals surface area contributed by atoms with E-state index in [1.807, 2.05) is 37.3 Å². The van der Waals surface area contributed by atoms with Gasteiger partial charge >= 0.3 is 0 Å². The molecule has 1 aromatic rings. The molecule has 1 aromatic carbocycles. The van der Waals surface area contributed by atoms with Gasteiger partial charge in [-0.1, -0.05) is 43.2 Å². The molecule has 134 valence electrons. The first-order valence-electron chi connectivity index (χ1n) is 8.36. The average Bonchev–Trinajstić information content (AvgIpc) is 2.53. The second-order valence-corrected chi connectivity index (χ2v) is 6.61. The summed E-state index contributed by atoms with van der Waals surface area (Å²) >= 11 is 0. The van der Waals surface area contributed by atoms with Gasteiger partial charge in [-0.25, -0.2) is 0 Å². The van der Waals surface area contributed by atoms with Crippen molar-refractivity contribution in [1.29, 1.82) is 0 Å². The fraction of sp³-hybridized carbons (Fsp3) is 0.556. The van der Waals surface area contributed by atoms with Gasteiger partial charge in [0, 0.05) is 12.1 Å². The van der Waals surface area contributed by atoms with E-state index in [0.29, 0.717) is 6.54 Å². The molecular formula is C18H28ClN3O2. The molecule has 4 N–H and O–H groups in total. The smallest absolute Gasteiger partial charge is 0.239 e. The van der Waals surface area contributed by atoms with E-state index < -0.39 is 5.54 Å². The van der Waals surface area contributed by atoms with Crippen LogP contribution >= 0.6 is 12.4 Å². The third-order valence-electron chi connectivity index (χ3n) is 4.57. The molecule has 1 fully saturated rings. The van der Waals surface area contributed by atoms with E-state index in [0.717, 1.165) is 32.1 Å². The Hall–Kier alpha value is -1.59. The number of amides is 2. The molecule has 0 aromatic heterocycles. The zero-order valence-electron chi connectivity index (χ0n) is 14.2. The first kappa shape index (κ1) is 20.5. The maximum absolute atomic E-state index is 12.2. The van der Waals surface area contributed by atoms with Gasteiger partial charge in [0.1, 0.15) is 0 Å². The van der Waals surface area contributed by atoms with Gasteiger partial charge < -0.3 is 16.4 Å². The topological polar surface area (TPSA) is 84.2 Å². The molecule has 2 rings (SSSR count). The summed E-state index contributed by atoms with van der Waals surface area (Å²) in [4.78, 5) is 24.1. The zero-order chi connectivity index (χ0) is 16.7. The van der Waals surface area contributed by atoms with E-state index in [2.05, 4.69) is 10.6 Å². The maximum atomic E-state index is 12.2. The van der Waals surface area contributed by atoms with Crippen LogP contribution in [0.1, 0.15) is 38.2 Å². The third-order valence-corrected chi connectivity index (χ3v) is 4.57. The van der Waals surface area contributed by atoms with E-state index >= 15 is 0 Å². The summed E-state index contributed by atoms with van der Waals surface area (Å²) < 4.78 is 0. The molecule has 1 saturated carbocycles. The van der Waals surface area contributed by atoms with E-state index in [4.69, 9.17) is 5.73 Å². The highest BCUT2D eigenvalue weighted by Gasteiger charge is 2.37. The average molecular weight is 354 g/mol. The van der Waals surface area contributed by atoms with Gasteiger partial charge in [0.25, 0.3) is 0 Å². The molecule has 1 aliphatic carbocycles. The van der Waals surface area contributed by atoms with Crippen molar-refractivity contribution in [3.8, 4) is 0 Å². The molecule has 0 saturated heterocycles. The Bertz CT molecular complexity index is 534. The van der Waals surface area contributed by atoms with Crippen LogP contribution in [-0.4, -0.2) is 30.4 Å². The number of hydrogen-bond acceptors (Lipinski definition) is 3. The van der Waals surface area contributed by atoms with Crippen molar-refractivity contribution in [1.82, 2.24) is 10.6 Å². The van der Waals surface area contributed by atoms with Gasteiger partial charge in [0.2, 0.25) is 11.8 Å². The van der Waals surface area contributed by atoms with Crippen molar-refractivity contribution >= 4 is 24.2 Å². The van der Waals surface area contributed by atoms with Crippen molar-refractivity contribution < 1.29 is 9.59 Å². The lowest BCUT2D eigenvalue weighted by Gasteiger charge is -2.37. The molecule has 0 heterocycles. The largest absolute Gasteiger partial charge is 0.354 e. The number of carbonyl (C=O) groups is 2. The Balaban J connectivity index is 0.00000288. The summed E-state index contributed by atoms with van der Waals surface area (Å²) in [5.41, 5.74) is 6.93. The minimum Gasteiger partial charge on any atom is -0.354 e. The SMILES string of the molecule is CC1(N)CCCCC1C(=O)NCC(=O)NCCc1ccccc1.Cl. The number of carbonyl (C=O) groups excluding carboxylic acids is 2. The van der Waals surface area contributed by atoms with Crippen molar-refractivity contribution in [2.45, 2.75) is 44.6 Å². The summed E-state index contributed by atoms with van der Waals surface area (Å²) in [6, 6.07) is 9.98. The molecule has 0 spiro atoms. The number of nitrogens with two attached hydrogens (primary N) is 1. The van der Waals surface area contributed by atoms with Gasteiger partial charge in [-0.15, -0.1) is 12.4 Å². The minimum atomic E-state index is -0.466. The molecule has 0 aliphatic heterocycles. The highest BCUT2D eigenvalue weighted by Crippen LogP contribution is 2.31.